The van der Waals surface area contributed by atoms with Crippen LogP contribution in [0.25, 0.3) is 91.9 Å². The minimum Gasteiger partial charge on any atom is -0.455 e. The zero-order valence-corrected chi connectivity index (χ0v) is 27.4. The third kappa shape index (κ3) is 3.36. The van der Waals surface area contributed by atoms with Gasteiger partial charge in [0.05, 0.1) is 11.0 Å². The van der Waals surface area contributed by atoms with Gasteiger partial charge in [0.1, 0.15) is 11.2 Å². The van der Waals surface area contributed by atoms with Gasteiger partial charge in [0, 0.05) is 58.4 Å². The Bertz CT molecular complexity index is 2990. The first-order chi connectivity index (χ1) is 23.6. The van der Waals surface area contributed by atoms with Crippen molar-refractivity contribution >= 4 is 75.3 Å². The Morgan fingerprint density at radius 1 is 0.542 bits per heavy atom. The first-order valence-electron chi connectivity index (χ1n) is 16.6. The molecule has 2 nitrogen and oxygen atoms in total. The number of hydrogen-bond donors (Lipinski definition) is 0. The lowest BCUT2D eigenvalue weighted by atomic mass is 9.81. The summed E-state index contributed by atoms with van der Waals surface area (Å²) in [5.74, 6) is 0. The first kappa shape index (κ1) is 26.4. The summed E-state index contributed by atoms with van der Waals surface area (Å²) in [6.07, 6.45) is 0. The highest BCUT2D eigenvalue weighted by atomic mass is 32.1. The van der Waals surface area contributed by atoms with Crippen LogP contribution in [0, 0.1) is 0 Å². The number of furan rings is 1. The van der Waals surface area contributed by atoms with Crippen LogP contribution >= 0.6 is 11.3 Å². The second-order valence-corrected chi connectivity index (χ2v) is 14.7. The third-order valence-electron chi connectivity index (χ3n) is 10.8. The smallest absolute Gasteiger partial charge is 0.143 e. The van der Waals surface area contributed by atoms with Gasteiger partial charge < -0.3 is 8.98 Å². The van der Waals surface area contributed by atoms with Gasteiger partial charge in [-0.2, -0.15) is 0 Å². The van der Waals surface area contributed by atoms with Gasteiger partial charge in [-0.3, -0.25) is 0 Å². The van der Waals surface area contributed by atoms with E-state index >= 15 is 0 Å². The normalized spacial score (nSPS) is 13.8. The van der Waals surface area contributed by atoms with Crippen LogP contribution in [-0.2, 0) is 5.41 Å². The maximum Gasteiger partial charge on any atom is 0.143 e. The largest absolute Gasteiger partial charge is 0.455 e. The minimum atomic E-state index is -0.171. The molecule has 0 atom stereocenters. The molecule has 0 bridgehead atoms. The monoisotopic (exact) mass is 631 g/mol. The highest BCUT2D eigenvalue weighted by Crippen LogP contribution is 2.51. The number of nitrogens with zero attached hydrogens (tertiary/aromatic N) is 1. The Morgan fingerprint density at radius 3 is 2.17 bits per heavy atom. The van der Waals surface area contributed by atoms with Gasteiger partial charge in [0.25, 0.3) is 0 Å². The molecule has 11 rings (SSSR count). The quantitative estimate of drug-likeness (QED) is 0.186. The van der Waals surface area contributed by atoms with Crippen molar-refractivity contribution in [1.82, 2.24) is 4.57 Å². The number of aromatic nitrogens is 1. The van der Waals surface area contributed by atoms with Crippen LogP contribution in [0.1, 0.15) is 25.0 Å². The van der Waals surface area contributed by atoms with E-state index in [4.69, 9.17) is 4.42 Å². The topological polar surface area (TPSA) is 18.1 Å². The Kier molecular flexibility index (Phi) is 5.09. The Morgan fingerprint density at radius 2 is 1.27 bits per heavy atom. The second kappa shape index (κ2) is 9.25. The standard InChI is InChI=1S/C45H29NOS/c1-45(2)36-24-26(28-13-9-14-33-31-10-4-7-16-40(31)47-43(28)33)18-20-29(36)30-21-19-27(25-37(30)45)46-38-15-6-3-12-35(38)42-39(46)23-22-34-32-11-5-8-17-41(32)48-44(34)42/h3-25H,1-2H3. The van der Waals surface area contributed by atoms with Crippen molar-refractivity contribution in [3.8, 4) is 27.9 Å². The molecule has 0 saturated heterocycles. The average molecular weight is 632 g/mol. The summed E-state index contributed by atoms with van der Waals surface area (Å²) < 4.78 is 11.6. The van der Waals surface area contributed by atoms with Crippen LogP contribution in [-0.4, -0.2) is 4.57 Å². The molecular weight excluding hydrogens is 603 g/mol. The number of benzene rings is 7. The summed E-state index contributed by atoms with van der Waals surface area (Å²) in [4.78, 5) is 0. The molecule has 10 aromatic rings. The van der Waals surface area contributed by atoms with E-state index in [1.165, 1.54) is 75.5 Å². The Labute approximate surface area is 281 Å². The molecular formula is C45H29NOS. The summed E-state index contributed by atoms with van der Waals surface area (Å²) in [5.41, 5.74) is 13.1. The minimum absolute atomic E-state index is 0.171. The van der Waals surface area contributed by atoms with Crippen molar-refractivity contribution in [2.24, 2.45) is 0 Å². The predicted octanol–water partition coefficient (Wildman–Crippen LogP) is 13.0. The SMILES string of the molecule is CC1(C)c2cc(-c3cccc4c3oc3ccccc34)ccc2-c2ccc(-n3c4ccccc4c4c5sc6ccccc6c5ccc43)cc21. The molecule has 7 aromatic carbocycles. The number of thiophene rings is 1. The summed E-state index contributed by atoms with van der Waals surface area (Å²) >= 11 is 1.91. The second-order valence-electron chi connectivity index (χ2n) is 13.7. The number of fused-ring (bicyclic) bond motifs is 13. The van der Waals surface area contributed by atoms with Crippen molar-refractivity contribution in [2.45, 2.75) is 19.3 Å². The molecule has 0 spiro atoms. The third-order valence-corrected chi connectivity index (χ3v) is 12.0. The fourth-order valence-corrected chi connectivity index (χ4v) is 9.78. The van der Waals surface area contributed by atoms with Gasteiger partial charge in [-0.1, -0.05) is 111 Å². The van der Waals surface area contributed by atoms with E-state index in [0.717, 1.165) is 27.5 Å². The van der Waals surface area contributed by atoms with Crippen molar-refractivity contribution in [3.63, 3.8) is 0 Å². The molecule has 0 amide bonds. The van der Waals surface area contributed by atoms with Gasteiger partial charge in [0.15, 0.2) is 0 Å². The molecule has 1 aliphatic rings. The molecule has 3 aromatic heterocycles. The molecule has 0 aliphatic heterocycles. The summed E-state index contributed by atoms with van der Waals surface area (Å²) in [6, 6.07) is 51.2. The maximum atomic E-state index is 6.44. The van der Waals surface area contributed by atoms with Gasteiger partial charge in [0.2, 0.25) is 0 Å². The van der Waals surface area contributed by atoms with E-state index in [-0.39, 0.29) is 5.41 Å². The lowest BCUT2D eigenvalue weighted by Gasteiger charge is -2.23. The highest BCUT2D eigenvalue weighted by molar-refractivity contribution is 7.26. The molecule has 48 heavy (non-hydrogen) atoms. The number of rotatable bonds is 2. The molecule has 0 unspecified atom stereocenters. The van der Waals surface area contributed by atoms with E-state index in [2.05, 4.69) is 152 Å². The fraction of sp³-hybridized carbons (Fsp3) is 0.0667. The van der Waals surface area contributed by atoms with Crippen LogP contribution in [0.15, 0.2) is 144 Å². The molecule has 0 N–H and O–H groups in total. The molecule has 0 fully saturated rings. The predicted molar refractivity (Wildman–Crippen MR) is 204 cm³/mol. The highest BCUT2D eigenvalue weighted by Gasteiger charge is 2.36. The van der Waals surface area contributed by atoms with Gasteiger partial charge >= 0.3 is 0 Å². The molecule has 3 heteroatoms. The van der Waals surface area contributed by atoms with Crippen molar-refractivity contribution in [1.29, 1.82) is 0 Å². The molecule has 1 aliphatic carbocycles. The zero-order valence-electron chi connectivity index (χ0n) is 26.5. The van der Waals surface area contributed by atoms with Crippen molar-refractivity contribution in [2.75, 3.05) is 0 Å². The molecule has 0 radical (unpaired) electrons. The van der Waals surface area contributed by atoms with E-state index in [0.29, 0.717) is 0 Å². The first-order valence-corrected chi connectivity index (χ1v) is 17.4. The summed E-state index contributed by atoms with van der Waals surface area (Å²) in [5, 5.41) is 7.65. The molecule has 226 valence electrons. The Hall–Kier alpha value is -5.64. The van der Waals surface area contributed by atoms with Crippen molar-refractivity contribution in [3.05, 3.63) is 151 Å². The van der Waals surface area contributed by atoms with Crippen molar-refractivity contribution < 1.29 is 4.42 Å². The summed E-state index contributed by atoms with van der Waals surface area (Å²) in [7, 11) is 0. The molecule has 3 heterocycles. The average Bonchev–Trinajstić information content (AvgIpc) is 3.85. The van der Waals surface area contributed by atoms with Gasteiger partial charge in [-0.05, 0) is 70.3 Å². The number of hydrogen-bond acceptors (Lipinski definition) is 2. The lowest BCUT2D eigenvalue weighted by Crippen LogP contribution is -2.15. The van der Waals surface area contributed by atoms with Gasteiger partial charge in [-0.15, -0.1) is 11.3 Å². The van der Waals surface area contributed by atoms with Crippen LogP contribution in [0.5, 0.6) is 0 Å². The van der Waals surface area contributed by atoms with Crippen LogP contribution < -0.4 is 0 Å². The van der Waals surface area contributed by atoms with E-state index in [1.54, 1.807) is 0 Å². The van der Waals surface area contributed by atoms with Crippen LogP contribution in [0.4, 0.5) is 0 Å². The molecule has 0 saturated carbocycles. The van der Waals surface area contributed by atoms with E-state index in [9.17, 15) is 0 Å². The van der Waals surface area contributed by atoms with E-state index < -0.39 is 0 Å². The van der Waals surface area contributed by atoms with Gasteiger partial charge in [-0.25, -0.2) is 0 Å². The summed E-state index contributed by atoms with van der Waals surface area (Å²) in [6.45, 7) is 4.75. The fourth-order valence-electron chi connectivity index (χ4n) is 8.52. The van der Waals surface area contributed by atoms with E-state index in [1.807, 2.05) is 17.4 Å². The maximum absolute atomic E-state index is 6.44. The zero-order chi connectivity index (χ0) is 31.7. The Balaban J connectivity index is 1.09. The van der Waals surface area contributed by atoms with Crippen LogP contribution in [0.2, 0.25) is 0 Å². The van der Waals surface area contributed by atoms with Crippen LogP contribution in [0.3, 0.4) is 0 Å². The lowest BCUT2D eigenvalue weighted by molar-refractivity contribution is 0.659. The number of para-hydroxylation sites is 3.